The molecule has 66 valence electrons. The van der Waals surface area contributed by atoms with Gasteiger partial charge >= 0.3 is 0 Å². The molecule has 0 aliphatic rings. The number of rotatable bonds is 3. The zero-order valence-corrected chi connectivity index (χ0v) is 7.41. The van der Waals surface area contributed by atoms with Crippen LogP contribution >= 0.6 is 11.6 Å². The zero-order chi connectivity index (χ0) is 8.97. The summed E-state index contributed by atoms with van der Waals surface area (Å²) in [7, 11) is 0. The van der Waals surface area contributed by atoms with E-state index in [0.29, 0.717) is 17.5 Å². The van der Waals surface area contributed by atoms with Gasteiger partial charge in [0.15, 0.2) is 5.15 Å². The lowest BCUT2D eigenvalue weighted by molar-refractivity contribution is 0.208. The Bertz CT molecular complexity index is 237. The lowest BCUT2D eigenvalue weighted by atomic mass is 10.4. The fourth-order valence-electron chi connectivity index (χ4n) is 0.663. The monoisotopic (exact) mass is 187 g/mol. The van der Waals surface area contributed by atoms with Crippen LogP contribution in [0, 0.1) is 0 Å². The van der Waals surface area contributed by atoms with E-state index >= 15 is 0 Å². The van der Waals surface area contributed by atoms with Gasteiger partial charge in [-0.25, -0.2) is 0 Å². The van der Waals surface area contributed by atoms with Gasteiger partial charge in [-0.15, -0.1) is 10.2 Å². The summed E-state index contributed by atoms with van der Waals surface area (Å²) in [4.78, 5) is 0. The van der Waals surface area contributed by atoms with Crippen molar-refractivity contribution in [3.05, 3.63) is 17.3 Å². The SMILES string of the molecule is CC(O)CNc1ccc(Cl)nn1. The van der Waals surface area contributed by atoms with E-state index in [0.717, 1.165) is 0 Å². The molecule has 0 fully saturated rings. The quantitative estimate of drug-likeness (QED) is 0.739. The first-order valence-electron chi connectivity index (χ1n) is 3.59. The summed E-state index contributed by atoms with van der Waals surface area (Å²) in [5.41, 5.74) is 0. The Kier molecular flexibility index (Phi) is 3.25. The van der Waals surface area contributed by atoms with Crippen molar-refractivity contribution in [3.63, 3.8) is 0 Å². The highest BCUT2D eigenvalue weighted by molar-refractivity contribution is 6.29. The Morgan fingerprint density at radius 2 is 2.33 bits per heavy atom. The van der Waals surface area contributed by atoms with Crippen LogP contribution in [0.2, 0.25) is 5.15 Å². The summed E-state index contributed by atoms with van der Waals surface area (Å²) < 4.78 is 0. The summed E-state index contributed by atoms with van der Waals surface area (Å²) in [5, 5.41) is 19.6. The number of aliphatic hydroxyl groups is 1. The molecule has 0 saturated heterocycles. The standard InChI is InChI=1S/C7H10ClN3O/c1-5(12)4-9-7-3-2-6(8)10-11-7/h2-3,5,12H,4H2,1H3,(H,9,11). The summed E-state index contributed by atoms with van der Waals surface area (Å²) >= 11 is 5.52. The Balaban J connectivity index is 2.48. The molecule has 0 aliphatic heterocycles. The summed E-state index contributed by atoms with van der Waals surface area (Å²) in [5.74, 6) is 0.611. The van der Waals surface area contributed by atoms with Crippen LogP contribution in [-0.2, 0) is 0 Å². The Morgan fingerprint density at radius 1 is 1.58 bits per heavy atom. The summed E-state index contributed by atoms with van der Waals surface area (Å²) in [6.45, 7) is 2.15. The second kappa shape index (κ2) is 4.23. The van der Waals surface area contributed by atoms with Crippen molar-refractivity contribution in [2.75, 3.05) is 11.9 Å². The number of nitrogens with one attached hydrogen (secondary N) is 1. The van der Waals surface area contributed by atoms with Gasteiger partial charge in [-0.1, -0.05) is 11.6 Å². The number of nitrogens with zero attached hydrogens (tertiary/aromatic N) is 2. The molecule has 0 aromatic carbocycles. The second-order valence-electron chi connectivity index (χ2n) is 2.47. The maximum absolute atomic E-state index is 8.93. The number of aliphatic hydroxyl groups excluding tert-OH is 1. The molecule has 0 bridgehead atoms. The Morgan fingerprint density at radius 3 is 2.83 bits per heavy atom. The lowest BCUT2D eigenvalue weighted by Gasteiger charge is -2.05. The van der Waals surface area contributed by atoms with Gasteiger partial charge in [0, 0.05) is 6.54 Å². The third-order valence-electron chi connectivity index (χ3n) is 1.21. The van der Waals surface area contributed by atoms with E-state index in [4.69, 9.17) is 16.7 Å². The van der Waals surface area contributed by atoms with Crippen LogP contribution in [-0.4, -0.2) is 28.0 Å². The van der Waals surface area contributed by atoms with Gasteiger partial charge in [-0.05, 0) is 19.1 Å². The molecule has 1 aromatic rings. The maximum atomic E-state index is 8.93. The van der Waals surface area contributed by atoms with E-state index in [2.05, 4.69) is 15.5 Å². The fraction of sp³-hybridized carbons (Fsp3) is 0.429. The van der Waals surface area contributed by atoms with Crippen molar-refractivity contribution in [3.8, 4) is 0 Å². The van der Waals surface area contributed by atoms with Crippen molar-refractivity contribution < 1.29 is 5.11 Å². The maximum Gasteiger partial charge on any atom is 0.151 e. The molecule has 1 heterocycles. The Hall–Kier alpha value is -0.870. The fourth-order valence-corrected chi connectivity index (χ4v) is 0.763. The highest BCUT2D eigenvalue weighted by Gasteiger charge is 1.97. The van der Waals surface area contributed by atoms with Crippen molar-refractivity contribution in [1.29, 1.82) is 0 Å². The third kappa shape index (κ3) is 3.02. The van der Waals surface area contributed by atoms with Crippen LogP contribution in [0.5, 0.6) is 0 Å². The second-order valence-corrected chi connectivity index (χ2v) is 2.86. The van der Waals surface area contributed by atoms with E-state index in [1.807, 2.05) is 0 Å². The molecule has 5 heteroatoms. The number of hydrogen-bond donors (Lipinski definition) is 2. The third-order valence-corrected chi connectivity index (χ3v) is 1.41. The molecular formula is C7H10ClN3O. The molecule has 1 aromatic heterocycles. The number of halogens is 1. The van der Waals surface area contributed by atoms with Crippen molar-refractivity contribution in [2.24, 2.45) is 0 Å². The number of hydrogen-bond acceptors (Lipinski definition) is 4. The molecule has 0 spiro atoms. The van der Waals surface area contributed by atoms with Gasteiger partial charge in [-0.3, -0.25) is 0 Å². The smallest absolute Gasteiger partial charge is 0.151 e. The minimum Gasteiger partial charge on any atom is -0.392 e. The minimum atomic E-state index is -0.400. The van der Waals surface area contributed by atoms with Crippen molar-refractivity contribution in [2.45, 2.75) is 13.0 Å². The molecule has 1 unspecified atom stereocenters. The summed E-state index contributed by atoms with van der Waals surface area (Å²) in [6, 6.07) is 3.34. The first-order valence-corrected chi connectivity index (χ1v) is 3.97. The average molecular weight is 188 g/mol. The largest absolute Gasteiger partial charge is 0.392 e. The average Bonchev–Trinajstić information content (AvgIpc) is 2.03. The molecule has 1 atom stereocenters. The topological polar surface area (TPSA) is 58.0 Å². The van der Waals surface area contributed by atoms with Gasteiger partial charge < -0.3 is 10.4 Å². The highest BCUT2D eigenvalue weighted by atomic mass is 35.5. The van der Waals surface area contributed by atoms with Crippen LogP contribution < -0.4 is 5.32 Å². The molecule has 12 heavy (non-hydrogen) atoms. The number of anilines is 1. The number of aromatic nitrogens is 2. The Labute approximate surface area is 75.6 Å². The predicted octanol–water partition coefficient (Wildman–Crippen LogP) is 0.923. The van der Waals surface area contributed by atoms with Crippen LogP contribution in [0.1, 0.15) is 6.92 Å². The normalized spacial score (nSPS) is 12.6. The van der Waals surface area contributed by atoms with Gasteiger partial charge in [-0.2, -0.15) is 0 Å². The van der Waals surface area contributed by atoms with E-state index in [1.165, 1.54) is 0 Å². The minimum absolute atomic E-state index is 0.359. The van der Waals surface area contributed by atoms with Crippen LogP contribution in [0.15, 0.2) is 12.1 Å². The van der Waals surface area contributed by atoms with Crippen LogP contribution in [0.3, 0.4) is 0 Å². The van der Waals surface area contributed by atoms with Crippen molar-refractivity contribution >= 4 is 17.4 Å². The van der Waals surface area contributed by atoms with Crippen LogP contribution in [0.25, 0.3) is 0 Å². The highest BCUT2D eigenvalue weighted by Crippen LogP contribution is 2.05. The van der Waals surface area contributed by atoms with Gasteiger partial charge in [0.25, 0.3) is 0 Å². The zero-order valence-electron chi connectivity index (χ0n) is 6.66. The molecule has 0 saturated carbocycles. The molecule has 0 radical (unpaired) electrons. The van der Waals surface area contributed by atoms with Crippen molar-refractivity contribution in [1.82, 2.24) is 10.2 Å². The summed E-state index contributed by atoms with van der Waals surface area (Å²) in [6.07, 6.45) is -0.400. The van der Waals surface area contributed by atoms with Crippen LogP contribution in [0.4, 0.5) is 5.82 Å². The first kappa shape index (κ1) is 9.22. The van der Waals surface area contributed by atoms with E-state index in [1.54, 1.807) is 19.1 Å². The molecule has 4 nitrogen and oxygen atoms in total. The van der Waals surface area contributed by atoms with E-state index < -0.39 is 6.10 Å². The van der Waals surface area contributed by atoms with Gasteiger partial charge in [0.1, 0.15) is 5.82 Å². The molecule has 0 aliphatic carbocycles. The molecule has 2 N–H and O–H groups in total. The van der Waals surface area contributed by atoms with Gasteiger partial charge in [0.05, 0.1) is 6.10 Å². The first-order chi connectivity index (χ1) is 5.68. The molecule has 1 rings (SSSR count). The predicted molar refractivity (Wildman–Crippen MR) is 47.2 cm³/mol. The van der Waals surface area contributed by atoms with E-state index in [-0.39, 0.29) is 0 Å². The lowest BCUT2D eigenvalue weighted by Crippen LogP contribution is -2.16. The van der Waals surface area contributed by atoms with Gasteiger partial charge in [0.2, 0.25) is 0 Å². The molecule has 0 amide bonds. The van der Waals surface area contributed by atoms with E-state index in [9.17, 15) is 0 Å². The molecular weight excluding hydrogens is 178 g/mol.